The summed E-state index contributed by atoms with van der Waals surface area (Å²) in [4.78, 5) is 0. The van der Waals surface area contributed by atoms with Crippen LogP contribution in [0.3, 0.4) is 0 Å². The van der Waals surface area contributed by atoms with Gasteiger partial charge in [0, 0.05) is 13.2 Å². The predicted octanol–water partition coefficient (Wildman–Crippen LogP) is 1.59. The number of hydrogen-bond acceptors (Lipinski definition) is 4. The molecule has 1 aromatic heterocycles. The topological polar surface area (TPSA) is 40.8 Å². The van der Waals surface area contributed by atoms with Crippen molar-refractivity contribution < 1.29 is 17.7 Å². The Morgan fingerprint density at radius 2 is 1.93 bits per heavy atom. The predicted molar refractivity (Wildman–Crippen MR) is 53.9 cm³/mol. The summed E-state index contributed by atoms with van der Waals surface area (Å²) in [6.45, 7) is 5.51. The third-order valence-electron chi connectivity index (χ3n) is 1.55. The summed E-state index contributed by atoms with van der Waals surface area (Å²) < 4.78 is 21.3. The monoisotopic (exact) mass is 216 g/mol. The first-order valence-corrected chi connectivity index (χ1v) is 6.15. The molecular formula is C9H16O4Si. The van der Waals surface area contributed by atoms with Gasteiger partial charge in [-0.3, -0.25) is 0 Å². The van der Waals surface area contributed by atoms with E-state index in [1.165, 1.54) is 0 Å². The van der Waals surface area contributed by atoms with Crippen LogP contribution in [-0.2, 0) is 19.9 Å². The molecule has 0 fully saturated rings. The Kier molecular flexibility index (Phi) is 5.54. The summed E-state index contributed by atoms with van der Waals surface area (Å²) in [5.74, 6) is 0.793. The highest BCUT2D eigenvalue weighted by Gasteiger charge is 2.14. The fourth-order valence-corrected chi connectivity index (χ4v) is 2.09. The van der Waals surface area contributed by atoms with E-state index in [2.05, 4.69) is 0 Å². The van der Waals surface area contributed by atoms with Crippen LogP contribution in [-0.4, -0.2) is 22.7 Å². The Morgan fingerprint density at radius 1 is 1.21 bits per heavy atom. The van der Waals surface area contributed by atoms with Crippen LogP contribution in [0.4, 0.5) is 0 Å². The van der Waals surface area contributed by atoms with E-state index in [1.54, 1.807) is 6.26 Å². The van der Waals surface area contributed by atoms with Gasteiger partial charge in [0.2, 0.25) is 0 Å². The molecule has 1 heterocycles. The highest BCUT2D eigenvalue weighted by atomic mass is 28.3. The van der Waals surface area contributed by atoms with Crippen molar-refractivity contribution in [2.24, 2.45) is 0 Å². The Hall–Kier alpha value is -0.623. The summed E-state index contributed by atoms with van der Waals surface area (Å²) in [5, 5.41) is 0. The smallest absolute Gasteiger partial charge is 0.467 e. The molecule has 0 bridgehead atoms. The Morgan fingerprint density at radius 3 is 2.43 bits per heavy atom. The summed E-state index contributed by atoms with van der Waals surface area (Å²) >= 11 is 0. The van der Waals surface area contributed by atoms with Crippen LogP contribution in [0.1, 0.15) is 19.6 Å². The molecule has 1 aromatic rings. The van der Waals surface area contributed by atoms with Crippen molar-refractivity contribution in [2.75, 3.05) is 13.2 Å². The molecule has 0 atom stereocenters. The van der Waals surface area contributed by atoms with Gasteiger partial charge in [-0.2, -0.15) is 0 Å². The van der Waals surface area contributed by atoms with Gasteiger partial charge >= 0.3 is 9.53 Å². The third-order valence-corrected chi connectivity index (χ3v) is 3.20. The second-order valence-corrected chi connectivity index (χ2v) is 4.17. The molecule has 0 amide bonds. The lowest BCUT2D eigenvalue weighted by atomic mass is 10.5. The standard InChI is InChI=1S/C9H16O4Si/c1-3-11-14(12-4-2)13-8-9-6-5-7-10-9/h5-7,14H,3-4,8H2,1-2H3. The summed E-state index contributed by atoms with van der Waals surface area (Å²) in [7, 11) is -1.94. The zero-order valence-corrected chi connectivity index (χ0v) is 9.72. The van der Waals surface area contributed by atoms with Crippen molar-refractivity contribution in [1.82, 2.24) is 0 Å². The first-order valence-electron chi connectivity index (χ1n) is 4.74. The first-order chi connectivity index (χ1) is 6.86. The molecule has 0 N–H and O–H groups in total. The van der Waals surface area contributed by atoms with Crippen molar-refractivity contribution in [2.45, 2.75) is 20.5 Å². The molecule has 0 aliphatic carbocycles. The highest BCUT2D eigenvalue weighted by Crippen LogP contribution is 2.04. The molecule has 0 spiro atoms. The Balaban J connectivity index is 2.25. The normalized spacial score (nSPS) is 11.1. The van der Waals surface area contributed by atoms with Gasteiger partial charge in [0.25, 0.3) is 0 Å². The lowest BCUT2D eigenvalue weighted by Gasteiger charge is -2.13. The van der Waals surface area contributed by atoms with Gasteiger partial charge in [-0.05, 0) is 26.0 Å². The van der Waals surface area contributed by atoms with Crippen LogP contribution in [0.25, 0.3) is 0 Å². The molecule has 80 valence electrons. The minimum absolute atomic E-state index is 0.421. The summed E-state index contributed by atoms with van der Waals surface area (Å²) in [6, 6.07) is 3.69. The maximum atomic E-state index is 5.47. The van der Waals surface area contributed by atoms with Crippen LogP contribution >= 0.6 is 0 Å². The molecular weight excluding hydrogens is 200 g/mol. The Labute approximate surface area is 85.7 Å². The minimum Gasteiger partial charge on any atom is -0.467 e. The molecule has 0 saturated carbocycles. The van der Waals surface area contributed by atoms with E-state index in [0.29, 0.717) is 19.8 Å². The second kappa shape index (κ2) is 6.78. The maximum Gasteiger partial charge on any atom is 0.484 e. The van der Waals surface area contributed by atoms with Gasteiger partial charge in [0.1, 0.15) is 5.76 Å². The highest BCUT2D eigenvalue weighted by molar-refractivity contribution is 6.36. The average Bonchev–Trinajstić information content (AvgIpc) is 2.67. The van der Waals surface area contributed by atoms with Gasteiger partial charge in [-0.15, -0.1) is 0 Å². The largest absolute Gasteiger partial charge is 0.484 e. The van der Waals surface area contributed by atoms with E-state index in [0.717, 1.165) is 5.76 Å². The van der Waals surface area contributed by atoms with Gasteiger partial charge in [0.15, 0.2) is 0 Å². The van der Waals surface area contributed by atoms with E-state index in [4.69, 9.17) is 17.7 Å². The van der Waals surface area contributed by atoms with Crippen LogP contribution in [0.15, 0.2) is 22.8 Å². The molecule has 0 unspecified atom stereocenters. The lowest BCUT2D eigenvalue weighted by molar-refractivity contribution is 0.0900. The fourth-order valence-electron chi connectivity index (χ4n) is 0.961. The van der Waals surface area contributed by atoms with E-state index in [9.17, 15) is 0 Å². The van der Waals surface area contributed by atoms with Crippen molar-refractivity contribution >= 4 is 9.53 Å². The quantitative estimate of drug-likeness (QED) is 0.649. The Bertz CT molecular complexity index is 219. The van der Waals surface area contributed by atoms with Crippen molar-refractivity contribution in [1.29, 1.82) is 0 Å². The van der Waals surface area contributed by atoms with Gasteiger partial charge in [-0.25, -0.2) is 0 Å². The van der Waals surface area contributed by atoms with E-state index < -0.39 is 9.53 Å². The van der Waals surface area contributed by atoms with E-state index in [1.807, 2.05) is 26.0 Å². The summed E-state index contributed by atoms with van der Waals surface area (Å²) in [5.41, 5.74) is 0. The molecule has 0 aromatic carbocycles. The van der Waals surface area contributed by atoms with E-state index >= 15 is 0 Å². The number of furan rings is 1. The van der Waals surface area contributed by atoms with Gasteiger partial charge < -0.3 is 17.7 Å². The fraction of sp³-hybridized carbons (Fsp3) is 0.556. The van der Waals surface area contributed by atoms with E-state index in [-0.39, 0.29) is 0 Å². The molecule has 0 saturated heterocycles. The van der Waals surface area contributed by atoms with Crippen LogP contribution in [0, 0.1) is 0 Å². The molecule has 5 heteroatoms. The second-order valence-electron chi connectivity index (χ2n) is 2.59. The van der Waals surface area contributed by atoms with Gasteiger partial charge in [-0.1, -0.05) is 0 Å². The lowest BCUT2D eigenvalue weighted by Crippen LogP contribution is -2.26. The minimum atomic E-state index is -1.94. The van der Waals surface area contributed by atoms with Crippen molar-refractivity contribution in [3.8, 4) is 0 Å². The number of hydrogen-bond donors (Lipinski definition) is 0. The van der Waals surface area contributed by atoms with Gasteiger partial charge in [0.05, 0.1) is 12.9 Å². The molecule has 0 radical (unpaired) electrons. The zero-order chi connectivity index (χ0) is 10.2. The first kappa shape index (κ1) is 11.5. The van der Waals surface area contributed by atoms with Crippen LogP contribution in [0.2, 0.25) is 0 Å². The van der Waals surface area contributed by atoms with Crippen LogP contribution in [0.5, 0.6) is 0 Å². The third kappa shape index (κ3) is 4.06. The van der Waals surface area contributed by atoms with Crippen LogP contribution < -0.4 is 0 Å². The molecule has 14 heavy (non-hydrogen) atoms. The zero-order valence-electron chi connectivity index (χ0n) is 8.56. The number of rotatable bonds is 7. The molecule has 4 nitrogen and oxygen atoms in total. The average molecular weight is 216 g/mol. The molecule has 0 aliphatic rings. The maximum absolute atomic E-state index is 5.47. The SMILES string of the molecule is CCO[SiH](OCC)OCc1ccco1. The molecule has 0 aliphatic heterocycles. The summed E-state index contributed by atoms with van der Waals surface area (Å²) in [6.07, 6.45) is 1.62. The van der Waals surface area contributed by atoms with Crippen molar-refractivity contribution in [3.05, 3.63) is 24.2 Å². The van der Waals surface area contributed by atoms with Crippen molar-refractivity contribution in [3.63, 3.8) is 0 Å². The molecule has 1 rings (SSSR count).